The van der Waals surface area contributed by atoms with Crippen LogP contribution >= 0.6 is 0 Å². The van der Waals surface area contributed by atoms with Gasteiger partial charge in [0.2, 0.25) is 15.9 Å². The molecule has 2 rings (SSSR count). The number of hydrogen-bond donors (Lipinski definition) is 0. The maximum Gasteiger partial charge on any atom is 0.242 e. The van der Waals surface area contributed by atoms with E-state index in [9.17, 15) is 18.0 Å². The van der Waals surface area contributed by atoms with Gasteiger partial charge in [0.1, 0.15) is 0 Å². The Morgan fingerprint density at radius 1 is 1.35 bits per heavy atom. The normalized spacial score (nSPS) is 18.4. The highest BCUT2D eigenvalue weighted by atomic mass is 32.2. The van der Waals surface area contributed by atoms with E-state index in [1.807, 2.05) is 0 Å². The maximum absolute atomic E-state index is 11.7. The molecule has 0 saturated carbocycles. The molecule has 1 aromatic rings. The van der Waals surface area contributed by atoms with Crippen LogP contribution in [0.2, 0.25) is 0 Å². The summed E-state index contributed by atoms with van der Waals surface area (Å²) in [5, 5.41) is 0. The van der Waals surface area contributed by atoms with E-state index in [1.54, 1.807) is 12.1 Å². The molecule has 6 heteroatoms. The molecule has 0 aromatic heterocycles. The van der Waals surface area contributed by atoms with Crippen LogP contribution < -0.4 is 4.31 Å². The van der Waals surface area contributed by atoms with Gasteiger partial charge in [0, 0.05) is 12.0 Å². The number of benzene rings is 1. The van der Waals surface area contributed by atoms with Crippen molar-refractivity contribution in [3.63, 3.8) is 0 Å². The number of carbonyl (C=O) groups excluding carboxylic acids is 2. The topological polar surface area (TPSA) is 71.5 Å². The van der Waals surface area contributed by atoms with Crippen LogP contribution in [0.5, 0.6) is 0 Å². The van der Waals surface area contributed by atoms with Crippen molar-refractivity contribution in [2.24, 2.45) is 0 Å². The first-order valence-corrected chi connectivity index (χ1v) is 6.69. The Kier molecular flexibility index (Phi) is 2.74. The monoisotopic (exact) mass is 253 g/mol. The van der Waals surface area contributed by atoms with E-state index in [0.717, 1.165) is 4.31 Å². The summed E-state index contributed by atoms with van der Waals surface area (Å²) in [5.74, 6) is -0.794. The molecule has 1 amide bonds. The number of anilines is 1. The highest BCUT2D eigenvalue weighted by molar-refractivity contribution is 7.94. The molecule has 1 aromatic carbocycles. The molecule has 1 aliphatic rings. The van der Waals surface area contributed by atoms with E-state index < -0.39 is 15.9 Å². The average Bonchev–Trinajstić information content (AvgIpc) is 2.53. The van der Waals surface area contributed by atoms with Crippen LogP contribution in [-0.4, -0.2) is 25.9 Å². The lowest BCUT2D eigenvalue weighted by molar-refractivity contribution is -0.116. The van der Waals surface area contributed by atoms with Crippen molar-refractivity contribution in [2.75, 3.05) is 10.1 Å². The summed E-state index contributed by atoms with van der Waals surface area (Å²) < 4.78 is 24.1. The molecule has 0 N–H and O–H groups in total. The molecule has 17 heavy (non-hydrogen) atoms. The second-order valence-corrected chi connectivity index (χ2v) is 5.77. The summed E-state index contributed by atoms with van der Waals surface area (Å²) in [6.45, 7) is 1.39. The predicted molar refractivity (Wildman–Crippen MR) is 62.3 cm³/mol. The van der Waals surface area contributed by atoms with Crippen LogP contribution in [0.25, 0.3) is 0 Å². The number of Topliss-reactive ketones (excluding diaryl/α,β-unsaturated/α-hetero) is 1. The van der Waals surface area contributed by atoms with E-state index in [0.29, 0.717) is 5.56 Å². The highest BCUT2D eigenvalue weighted by Gasteiger charge is 2.36. The van der Waals surface area contributed by atoms with Crippen molar-refractivity contribution < 1.29 is 18.0 Å². The molecule has 1 aliphatic heterocycles. The minimum Gasteiger partial charge on any atom is -0.295 e. The highest BCUT2D eigenvalue weighted by Crippen LogP contribution is 2.25. The standard InChI is InChI=1S/C11H11NO4S/c1-8(13)9-3-2-4-10(7-9)12-11(14)5-6-17(12,15)16/h2-4,7H,5-6H2,1H3. The summed E-state index contributed by atoms with van der Waals surface area (Å²) >= 11 is 0. The lowest BCUT2D eigenvalue weighted by atomic mass is 10.1. The number of ketones is 1. The zero-order valence-electron chi connectivity index (χ0n) is 9.21. The minimum atomic E-state index is -3.56. The largest absolute Gasteiger partial charge is 0.295 e. The molecular weight excluding hydrogens is 242 g/mol. The Labute approximate surface area is 99.1 Å². The van der Waals surface area contributed by atoms with Gasteiger partial charge in [-0.3, -0.25) is 9.59 Å². The van der Waals surface area contributed by atoms with Gasteiger partial charge in [0.05, 0.1) is 11.4 Å². The van der Waals surface area contributed by atoms with E-state index in [4.69, 9.17) is 0 Å². The molecule has 1 saturated heterocycles. The zero-order valence-corrected chi connectivity index (χ0v) is 10.0. The van der Waals surface area contributed by atoms with Crippen LogP contribution in [0.4, 0.5) is 5.69 Å². The molecule has 1 heterocycles. The first-order valence-electron chi connectivity index (χ1n) is 5.08. The SMILES string of the molecule is CC(=O)c1cccc(N2C(=O)CCS2(=O)=O)c1. The Morgan fingerprint density at radius 3 is 2.59 bits per heavy atom. The summed E-state index contributed by atoms with van der Waals surface area (Å²) in [6, 6.07) is 6.07. The van der Waals surface area contributed by atoms with Gasteiger partial charge in [-0.25, -0.2) is 12.7 Å². The molecule has 0 atom stereocenters. The summed E-state index contributed by atoms with van der Waals surface area (Å²) in [6.07, 6.45) is -0.00731. The quantitative estimate of drug-likeness (QED) is 0.736. The molecule has 90 valence electrons. The van der Waals surface area contributed by atoms with Gasteiger partial charge in [-0.05, 0) is 19.1 Å². The molecular formula is C11H11NO4S. The van der Waals surface area contributed by atoms with E-state index in [-0.39, 0.29) is 23.6 Å². The summed E-state index contributed by atoms with van der Waals surface area (Å²) in [5.41, 5.74) is 0.623. The van der Waals surface area contributed by atoms with Crippen molar-refractivity contribution in [1.82, 2.24) is 0 Å². The van der Waals surface area contributed by atoms with Gasteiger partial charge >= 0.3 is 0 Å². The lowest BCUT2D eigenvalue weighted by Gasteiger charge is -2.15. The van der Waals surface area contributed by atoms with Crippen molar-refractivity contribution in [3.05, 3.63) is 29.8 Å². The van der Waals surface area contributed by atoms with Crippen LogP contribution in [0.1, 0.15) is 23.7 Å². The Balaban J connectivity index is 2.50. The van der Waals surface area contributed by atoms with E-state index in [2.05, 4.69) is 0 Å². The second kappa shape index (κ2) is 3.96. The van der Waals surface area contributed by atoms with Crippen LogP contribution in [-0.2, 0) is 14.8 Å². The molecule has 0 bridgehead atoms. The Bertz CT molecular complexity index is 591. The van der Waals surface area contributed by atoms with Crippen molar-refractivity contribution in [2.45, 2.75) is 13.3 Å². The molecule has 0 aliphatic carbocycles. The van der Waals surface area contributed by atoms with Gasteiger partial charge < -0.3 is 0 Å². The van der Waals surface area contributed by atoms with Crippen LogP contribution in [0.3, 0.4) is 0 Å². The van der Waals surface area contributed by atoms with Gasteiger partial charge in [-0.2, -0.15) is 0 Å². The van der Waals surface area contributed by atoms with E-state index in [1.165, 1.54) is 19.1 Å². The molecule has 1 fully saturated rings. The third kappa shape index (κ3) is 2.08. The third-order valence-corrected chi connectivity index (χ3v) is 4.26. The molecule has 0 radical (unpaired) electrons. The maximum atomic E-state index is 11.7. The number of amides is 1. The fraction of sp³-hybridized carbons (Fsp3) is 0.273. The van der Waals surface area contributed by atoms with E-state index >= 15 is 0 Å². The number of nitrogens with zero attached hydrogens (tertiary/aromatic N) is 1. The Morgan fingerprint density at radius 2 is 2.06 bits per heavy atom. The number of carbonyl (C=O) groups is 2. The van der Waals surface area contributed by atoms with Crippen molar-refractivity contribution in [1.29, 1.82) is 0 Å². The average molecular weight is 253 g/mol. The number of rotatable bonds is 2. The predicted octanol–water partition coefficient (Wildman–Crippen LogP) is 0.956. The summed E-state index contributed by atoms with van der Waals surface area (Å²) in [7, 11) is -3.56. The number of hydrogen-bond acceptors (Lipinski definition) is 4. The fourth-order valence-corrected chi connectivity index (χ4v) is 3.17. The van der Waals surface area contributed by atoms with Gasteiger partial charge in [-0.15, -0.1) is 0 Å². The van der Waals surface area contributed by atoms with Crippen molar-refractivity contribution in [3.8, 4) is 0 Å². The minimum absolute atomic E-state index is 0.00731. The number of sulfonamides is 1. The van der Waals surface area contributed by atoms with Crippen molar-refractivity contribution >= 4 is 27.4 Å². The lowest BCUT2D eigenvalue weighted by Crippen LogP contribution is -2.29. The smallest absolute Gasteiger partial charge is 0.242 e. The zero-order chi connectivity index (χ0) is 12.6. The molecule has 0 spiro atoms. The third-order valence-electron chi connectivity index (χ3n) is 2.57. The van der Waals surface area contributed by atoms with Crippen LogP contribution in [0.15, 0.2) is 24.3 Å². The second-order valence-electron chi connectivity index (χ2n) is 3.83. The fourth-order valence-electron chi connectivity index (χ4n) is 1.72. The van der Waals surface area contributed by atoms with Gasteiger partial charge in [0.25, 0.3) is 0 Å². The van der Waals surface area contributed by atoms with Gasteiger partial charge in [-0.1, -0.05) is 12.1 Å². The molecule has 0 unspecified atom stereocenters. The van der Waals surface area contributed by atoms with Crippen LogP contribution in [0, 0.1) is 0 Å². The first kappa shape index (κ1) is 11.8. The Hall–Kier alpha value is -1.69. The first-order chi connectivity index (χ1) is 7.92. The van der Waals surface area contributed by atoms with Gasteiger partial charge in [0.15, 0.2) is 5.78 Å². The summed E-state index contributed by atoms with van der Waals surface area (Å²) in [4.78, 5) is 22.7. The molecule has 5 nitrogen and oxygen atoms in total.